The molecule has 3 aliphatic rings. The van der Waals surface area contributed by atoms with Crippen molar-refractivity contribution in [2.24, 2.45) is 0 Å². The number of aromatic nitrogens is 3. The highest BCUT2D eigenvalue weighted by Crippen LogP contribution is 2.38. The van der Waals surface area contributed by atoms with Crippen LogP contribution in [0.1, 0.15) is 73.4 Å². The Kier molecular flexibility index (Phi) is 9.44. The summed E-state index contributed by atoms with van der Waals surface area (Å²) in [6.07, 6.45) is 6.19. The standard InChI is InChI=1S/C37H42FN7O4S/c1-37(2,3)49-31(46)7-5-13-42-15-17-43(18-16-42)26-10-8-24(9-11-26)25-20-27-28(29(38)21-25)22-45(35(27)48)33(34(47)41-36-39-12-19-50-36)32-30-6-4-14-44(30)23-40-32/h8-12,19-21,23,33H,4-7,13-18,22H2,1-3H3,(H,39,41,47)/t33-/m1/s1. The van der Waals surface area contributed by atoms with E-state index in [4.69, 9.17) is 4.74 Å². The van der Waals surface area contributed by atoms with Crippen molar-refractivity contribution in [3.8, 4) is 11.1 Å². The topological polar surface area (TPSA) is 113 Å². The third-order valence-electron chi connectivity index (χ3n) is 9.50. The van der Waals surface area contributed by atoms with Crippen molar-refractivity contribution in [1.29, 1.82) is 0 Å². The van der Waals surface area contributed by atoms with E-state index < -0.39 is 29.3 Å². The van der Waals surface area contributed by atoms with Gasteiger partial charge in [0.2, 0.25) is 0 Å². The number of carbonyl (C=O) groups is 3. The third-order valence-corrected chi connectivity index (χ3v) is 10.2. The summed E-state index contributed by atoms with van der Waals surface area (Å²) in [4.78, 5) is 54.7. The van der Waals surface area contributed by atoms with E-state index in [0.29, 0.717) is 22.8 Å². The van der Waals surface area contributed by atoms with E-state index in [0.717, 1.165) is 75.5 Å². The van der Waals surface area contributed by atoms with Crippen LogP contribution in [0, 0.1) is 5.82 Å². The number of aryl methyl sites for hydroxylation is 1. The van der Waals surface area contributed by atoms with E-state index in [2.05, 4.69) is 25.1 Å². The molecule has 0 spiro atoms. The van der Waals surface area contributed by atoms with E-state index in [-0.39, 0.29) is 23.6 Å². The number of imidazole rings is 1. The molecule has 1 fully saturated rings. The summed E-state index contributed by atoms with van der Waals surface area (Å²) in [6, 6.07) is 10.2. The molecule has 2 amide bonds. The number of carbonyl (C=O) groups excluding carboxylic acids is 3. The van der Waals surface area contributed by atoms with Crippen molar-refractivity contribution < 1.29 is 23.5 Å². The second-order valence-electron chi connectivity index (χ2n) is 14.1. The first kappa shape index (κ1) is 33.9. The first-order valence-electron chi connectivity index (χ1n) is 17.2. The molecule has 1 N–H and O–H groups in total. The van der Waals surface area contributed by atoms with Crippen molar-refractivity contribution >= 4 is 39.9 Å². The third kappa shape index (κ3) is 7.15. The van der Waals surface area contributed by atoms with Crippen molar-refractivity contribution in [3.05, 3.63) is 82.6 Å². The van der Waals surface area contributed by atoms with Gasteiger partial charge in [-0.05, 0) is 82.0 Å². The number of piperazine rings is 1. The molecule has 0 bridgehead atoms. The zero-order valence-corrected chi connectivity index (χ0v) is 29.5. The van der Waals surface area contributed by atoms with Crippen LogP contribution in [0.5, 0.6) is 0 Å². The number of amides is 2. The molecule has 5 heterocycles. The number of benzene rings is 2. The maximum absolute atomic E-state index is 15.8. The Labute approximate surface area is 295 Å². The summed E-state index contributed by atoms with van der Waals surface area (Å²) >= 11 is 1.29. The van der Waals surface area contributed by atoms with Crippen molar-refractivity contribution in [2.45, 2.75) is 71.2 Å². The fraction of sp³-hybridized carbons (Fsp3) is 0.432. The highest BCUT2D eigenvalue weighted by Gasteiger charge is 2.42. The maximum atomic E-state index is 15.8. The molecular weight excluding hydrogens is 658 g/mol. The van der Waals surface area contributed by atoms with Gasteiger partial charge in [-0.25, -0.2) is 14.4 Å². The molecule has 0 radical (unpaired) electrons. The van der Waals surface area contributed by atoms with Crippen LogP contribution in [0.2, 0.25) is 0 Å². The first-order chi connectivity index (χ1) is 24.0. The van der Waals surface area contributed by atoms with Gasteiger partial charge in [-0.3, -0.25) is 24.6 Å². The Hall–Kier alpha value is -4.62. The predicted molar refractivity (Wildman–Crippen MR) is 189 cm³/mol. The number of esters is 1. The minimum absolute atomic E-state index is 0.0333. The van der Waals surface area contributed by atoms with Crippen molar-refractivity contribution in [3.63, 3.8) is 0 Å². The molecule has 0 saturated carbocycles. The smallest absolute Gasteiger partial charge is 0.306 e. The van der Waals surface area contributed by atoms with E-state index in [1.54, 1.807) is 24.0 Å². The molecule has 0 aliphatic carbocycles. The Bertz CT molecular complexity index is 1880. The fourth-order valence-corrected chi connectivity index (χ4v) is 7.63. The molecule has 50 heavy (non-hydrogen) atoms. The Morgan fingerprint density at radius 1 is 1.04 bits per heavy atom. The monoisotopic (exact) mass is 699 g/mol. The van der Waals surface area contributed by atoms with E-state index in [1.807, 2.05) is 49.6 Å². The number of fused-ring (bicyclic) bond motifs is 2. The van der Waals surface area contributed by atoms with E-state index in [1.165, 1.54) is 22.3 Å². The van der Waals surface area contributed by atoms with Gasteiger partial charge in [-0.15, -0.1) is 11.3 Å². The van der Waals surface area contributed by atoms with Gasteiger partial charge in [-0.1, -0.05) is 12.1 Å². The molecule has 0 unspecified atom stereocenters. The van der Waals surface area contributed by atoms with E-state index in [9.17, 15) is 14.4 Å². The normalized spacial score (nSPS) is 16.8. The van der Waals surface area contributed by atoms with Gasteiger partial charge >= 0.3 is 5.97 Å². The quantitative estimate of drug-likeness (QED) is 0.211. The van der Waals surface area contributed by atoms with Crippen LogP contribution < -0.4 is 10.2 Å². The van der Waals surface area contributed by atoms with Crippen LogP contribution in [0.4, 0.5) is 15.2 Å². The molecule has 1 atom stereocenters. The number of hydrogen-bond acceptors (Lipinski definition) is 9. The number of nitrogens with zero attached hydrogens (tertiary/aromatic N) is 6. The molecule has 262 valence electrons. The van der Waals surface area contributed by atoms with Crippen LogP contribution in [-0.2, 0) is 33.8 Å². The minimum Gasteiger partial charge on any atom is -0.460 e. The molecule has 1 saturated heterocycles. The summed E-state index contributed by atoms with van der Waals surface area (Å²) in [6.45, 7) is 10.8. The largest absolute Gasteiger partial charge is 0.460 e. The Balaban J connectivity index is 1.02. The van der Waals surface area contributed by atoms with Crippen LogP contribution in [0.15, 0.2) is 54.3 Å². The zero-order valence-electron chi connectivity index (χ0n) is 28.7. The zero-order chi connectivity index (χ0) is 35.0. The lowest BCUT2D eigenvalue weighted by atomic mass is 9.99. The molecule has 4 aromatic rings. The number of hydrogen-bond donors (Lipinski definition) is 1. The lowest BCUT2D eigenvalue weighted by Gasteiger charge is -2.36. The van der Waals surface area contributed by atoms with Crippen LogP contribution in [-0.4, -0.2) is 80.4 Å². The molecule has 3 aliphatic heterocycles. The van der Waals surface area contributed by atoms with Crippen LogP contribution in [0.3, 0.4) is 0 Å². The number of ether oxygens (including phenoxy) is 1. The SMILES string of the molecule is CC(C)(C)OC(=O)CCCN1CCN(c2ccc(-c3cc(F)c4c(c3)C(=O)N([C@@H](C(=O)Nc3nccs3)c3ncn5c3CCC5)C4)cc2)CC1. The Morgan fingerprint density at radius 2 is 1.82 bits per heavy atom. The second-order valence-corrected chi connectivity index (χ2v) is 15.0. The molecular formula is C37H42FN7O4S. The highest BCUT2D eigenvalue weighted by atomic mass is 32.1. The highest BCUT2D eigenvalue weighted by molar-refractivity contribution is 7.13. The average molecular weight is 700 g/mol. The molecule has 7 rings (SSSR count). The summed E-state index contributed by atoms with van der Waals surface area (Å²) in [7, 11) is 0. The number of halogens is 1. The van der Waals surface area contributed by atoms with Gasteiger partial charge in [0.05, 0.1) is 18.6 Å². The van der Waals surface area contributed by atoms with E-state index >= 15 is 4.39 Å². The van der Waals surface area contributed by atoms with Gasteiger partial charge < -0.3 is 19.1 Å². The number of rotatable bonds is 10. The average Bonchev–Trinajstić information content (AvgIpc) is 3.89. The predicted octanol–water partition coefficient (Wildman–Crippen LogP) is 5.67. The first-order valence-corrected chi connectivity index (χ1v) is 18.1. The summed E-state index contributed by atoms with van der Waals surface area (Å²) in [5, 5.41) is 5.03. The van der Waals surface area contributed by atoms with Crippen molar-refractivity contribution in [1.82, 2.24) is 24.3 Å². The van der Waals surface area contributed by atoms with Gasteiger partial charge in [-0.2, -0.15) is 0 Å². The summed E-state index contributed by atoms with van der Waals surface area (Å²) in [5.74, 6) is -1.46. The molecule has 2 aromatic carbocycles. The Morgan fingerprint density at radius 3 is 2.54 bits per heavy atom. The van der Waals surface area contributed by atoms with Gasteiger partial charge in [0.25, 0.3) is 11.8 Å². The van der Waals surface area contributed by atoms with Gasteiger partial charge in [0, 0.05) is 73.2 Å². The summed E-state index contributed by atoms with van der Waals surface area (Å²) < 4.78 is 23.2. The number of thiazole rings is 1. The molecule has 13 heteroatoms. The van der Waals surface area contributed by atoms with Crippen LogP contribution in [0.25, 0.3) is 11.1 Å². The minimum atomic E-state index is -1.03. The lowest BCUT2D eigenvalue weighted by molar-refractivity contribution is -0.155. The lowest BCUT2D eigenvalue weighted by Crippen LogP contribution is -2.46. The maximum Gasteiger partial charge on any atom is 0.306 e. The number of anilines is 2. The van der Waals surface area contributed by atoms with Crippen LogP contribution >= 0.6 is 11.3 Å². The second kappa shape index (κ2) is 13.9. The molecule has 11 nitrogen and oxygen atoms in total. The fourth-order valence-electron chi connectivity index (χ4n) is 7.10. The molecule has 2 aromatic heterocycles. The van der Waals surface area contributed by atoms with Gasteiger partial charge in [0.1, 0.15) is 11.4 Å². The van der Waals surface area contributed by atoms with Crippen molar-refractivity contribution in [2.75, 3.05) is 42.9 Å². The summed E-state index contributed by atoms with van der Waals surface area (Å²) in [5.41, 5.74) is 4.00. The van der Waals surface area contributed by atoms with Gasteiger partial charge in [0.15, 0.2) is 11.2 Å². The number of nitrogens with one attached hydrogen (secondary N) is 1.